The van der Waals surface area contributed by atoms with E-state index in [9.17, 15) is 5.11 Å². The molecule has 0 aromatic carbocycles. The predicted molar refractivity (Wildman–Crippen MR) is 83.1 cm³/mol. The number of nitrogens with zero attached hydrogens (tertiary/aromatic N) is 1. The minimum absolute atomic E-state index is 0.399. The van der Waals surface area contributed by atoms with Crippen LogP contribution in [0, 0.1) is 5.92 Å². The van der Waals surface area contributed by atoms with E-state index in [1.165, 1.54) is 24.4 Å². The minimum Gasteiger partial charge on any atom is -0.389 e. The molecule has 2 heterocycles. The molecule has 2 N–H and O–H groups in total. The van der Waals surface area contributed by atoms with E-state index >= 15 is 0 Å². The van der Waals surface area contributed by atoms with Gasteiger partial charge >= 0.3 is 0 Å². The number of thiophene rings is 1. The number of hydrogen-bond donors (Lipinski definition) is 2. The lowest BCUT2D eigenvalue weighted by Gasteiger charge is -2.16. The third kappa shape index (κ3) is 5.50. The van der Waals surface area contributed by atoms with Crippen LogP contribution in [0.3, 0.4) is 0 Å². The van der Waals surface area contributed by atoms with Crippen LogP contribution in [-0.4, -0.2) is 55.4 Å². The van der Waals surface area contributed by atoms with E-state index in [0.29, 0.717) is 19.8 Å². The number of hydrogen-bond acceptors (Lipinski definition) is 5. The smallest absolute Gasteiger partial charge is 0.0897 e. The van der Waals surface area contributed by atoms with Gasteiger partial charge in [0.15, 0.2) is 0 Å². The fourth-order valence-electron chi connectivity index (χ4n) is 2.57. The molecule has 1 aromatic heterocycles. The Hall–Kier alpha value is -0.460. The van der Waals surface area contributed by atoms with Crippen LogP contribution in [0.5, 0.6) is 0 Å². The largest absolute Gasteiger partial charge is 0.389 e. The van der Waals surface area contributed by atoms with Gasteiger partial charge in [0.1, 0.15) is 0 Å². The SMILES string of the molecule is CCN1CCC(CNCC(O)COCc2cccs2)C1. The van der Waals surface area contributed by atoms with Gasteiger partial charge in [0.2, 0.25) is 0 Å². The molecule has 0 aliphatic carbocycles. The molecule has 2 atom stereocenters. The fourth-order valence-corrected chi connectivity index (χ4v) is 3.21. The van der Waals surface area contributed by atoms with Gasteiger partial charge < -0.3 is 20.1 Å². The van der Waals surface area contributed by atoms with Crippen molar-refractivity contribution in [2.75, 3.05) is 39.3 Å². The molecular formula is C15H26N2O2S. The monoisotopic (exact) mass is 298 g/mol. The Labute approximate surface area is 125 Å². The highest BCUT2D eigenvalue weighted by Gasteiger charge is 2.20. The summed E-state index contributed by atoms with van der Waals surface area (Å²) in [5.74, 6) is 0.731. The molecule has 1 fully saturated rings. The predicted octanol–water partition coefficient (Wildman–Crippen LogP) is 1.56. The average Bonchev–Trinajstić information content (AvgIpc) is 3.10. The molecule has 0 saturated carbocycles. The molecule has 114 valence electrons. The molecule has 5 heteroatoms. The van der Waals surface area contributed by atoms with Crippen LogP contribution >= 0.6 is 11.3 Å². The Morgan fingerprint density at radius 3 is 3.20 bits per heavy atom. The molecule has 1 aliphatic rings. The van der Waals surface area contributed by atoms with Gasteiger partial charge in [-0.15, -0.1) is 11.3 Å². The summed E-state index contributed by atoms with van der Waals surface area (Å²) >= 11 is 1.68. The third-order valence-electron chi connectivity index (χ3n) is 3.76. The molecule has 2 unspecified atom stereocenters. The number of likely N-dealkylation sites (tertiary alicyclic amines) is 1. The van der Waals surface area contributed by atoms with E-state index in [-0.39, 0.29) is 0 Å². The summed E-state index contributed by atoms with van der Waals surface area (Å²) in [6.07, 6.45) is 0.852. The Bertz CT molecular complexity index is 359. The third-order valence-corrected chi connectivity index (χ3v) is 4.61. The van der Waals surface area contributed by atoms with Crippen molar-refractivity contribution in [3.8, 4) is 0 Å². The fraction of sp³-hybridized carbons (Fsp3) is 0.733. The lowest BCUT2D eigenvalue weighted by molar-refractivity contribution is 0.0295. The molecule has 0 amide bonds. The Morgan fingerprint density at radius 2 is 2.50 bits per heavy atom. The molecular weight excluding hydrogens is 272 g/mol. The molecule has 4 nitrogen and oxygen atoms in total. The molecule has 0 spiro atoms. The summed E-state index contributed by atoms with van der Waals surface area (Å²) in [7, 11) is 0. The minimum atomic E-state index is -0.418. The Morgan fingerprint density at radius 1 is 1.60 bits per heavy atom. The second-order valence-electron chi connectivity index (χ2n) is 5.45. The first-order chi connectivity index (χ1) is 9.78. The van der Waals surface area contributed by atoms with Crippen LogP contribution in [0.1, 0.15) is 18.2 Å². The average molecular weight is 298 g/mol. The van der Waals surface area contributed by atoms with Crippen molar-refractivity contribution in [1.82, 2.24) is 10.2 Å². The van der Waals surface area contributed by atoms with Crippen molar-refractivity contribution in [3.05, 3.63) is 22.4 Å². The first kappa shape index (κ1) is 15.9. The zero-order chi connectivity index (χ0) is 14.2. The van der Waals surface area contributed by atoms with Crippen molar-refractivity contribution in [3.63, 3.8) is 0 Å². The maximum absolute atomic E-state index is 9.86. The lowest BCUT2D eigenvalue weighted by atomic mass is 10.1. The van der Waals surface area contributed by atoms with E-state index in [2.05, 4.69) is 23.2 Å². The van der Waals surface area contributed by atoms with Crippen molar-refractivity contribution in [1.29, 1.82) is 0 Å². The highest BCUT2D eigenvalue weighted by atomic mass is 32.1. The maximum atomic E-state index is 9.86. The van der Waals surface area contributed by atoms with Gasteiger partial charge in [-0.25, -0.2) is 0 Å². The van der Waals surface area contributed by atoms with Crippen molar-refractivity contribution in [2.45, 2.75) is 26.1 Å². The number of ether oxygens (including phenoxy) is 1. The number of aliphatic hydroxyl groups excluding tert-OH is 1. The summed E-state index contributed by atoms with van der Waals surface area (Å²) in [5, 5.41) is 15.3. The lowest BCUT2D eigenvalue weighted by Crippen LogP contribution is -2.34. The highest BCUT2D eigenvalue weighted by Crippen LogP contribution is 2.14. The summed E-state index contributed by atoms with van der Waals surface area (Å²) in [4.78, 5) is 3.68. The van der Waals surface area contributed by atoms with Gasteiger partial charge in [-0.05, 0) is 43.4 Å². The van der Waals surface area contributed by atoms with Crippen LogP contribution in [0.25, 0.3) is 0 Å². The summed E-state index contributed by atoms with van der Waals surface area (Å²) in [6, 6.07) is 4.07. The van der Waals surface area contributed by atoms with E-state index in [1.54, 1.807) is 11.3 Å². The molecule has 1 aliphatic heterocycles. The van der Waals surface area contributed by atoms with E-state index < -0.39 is 6.10 Å². The normalized spacial score (nSPS) is 21.4. The molecule has 0 radical (unpaired) electrons. The van der Waals surface area contributed by atoms with Gasteiger partial charge in [0, 0.05) is 18.0 Å². The van der Waals surface area contributed by atoms with E-state index in [1.807, 2.05) is 11.4 Å². The van der Waals surface area contributed by atoms with Crippen LogP contribution in [0.2, 0.25) is 0 Å². The van der Waals surface area contributed by atoms with Crippen LogP contribution in [0.4, 0.5) is 0 Å². The second kappa shape index (κ2) is 8.74. The van der Waals surface area contributed by atoms with Crippen molar-refractivity contribution in [2.24, 2.45) is 5.92 Å². The quantitative estimate of drug-likeness (QED) is 0.726. The van der Waals surface area contributed by atoms with Crippen LogP contribution < -0.4 is 5.32 Å². The van der Waals surface area contributed by atoms with Crippen molar-refractivity contribution < 1.29 is 9.84 Å². The zero-order valence-electron chi connectivity index (χ0n) is 12.3. The summed E-state index contributed by atoms with van der Waals surface area (Å²) in [5.41, 5.74) is 0. The molecule has 2 rings (SSSR count). The van der Waals surface area contributed by atoms with E-state index in [4.69, 9.17) is 4.74 Å². The zero-order valence-corrected chi connectivity index (χ0v) is 13.1. The molecule has 0 bridgehead atoms. The van der Waals surface area contributed by atoms with Gasteiger partial charge in [-0.2, -0.15) is 0 Å². The molecule has 1 aromatic rings. The van der Waals surface area contributed by atoms with Crippen molar-refractivity contribution >= 4 is 11.3 Å². The standard InChI is InChI=1S/C15H26N2O2S/c1-2-17-6-5-13(10-17)8-16-9-14(18)11-19-12-15-4-3-7-20-15/h3-4,7,13-14,16,18H,2,5-6,8-12H2,1H3. The second-order valence-corrected chi connectivity index (χ2v) is 6.49. The van der Waals surface area contributed by atoms with Crippen LogP contribution in [0.15, 0.2) is 17.5 Å². The van der Waals surface area contributed by atoms with Gasteiger partial charge in [-0.1, -0.05) is 13.0 Å². The number of nitrogens with one attached hydrogen (secondary N) is 1. The Kier molecular flexibility index (Phi) is 6.96. The Balaban J connectivity index is 1.49. The summed E-state index contributed by atoms with van der Waals surface area (Å²) in [6.45, 7) is 8.38. The highest BCUT2D eigenvalue weighted by molar-refractivity contribution is 7.09. The molecule has 1 saturated heterocycles. The molecule has 20 heavy (non-hydrogen) atoms. The number of rotatable bonds is 9. The van der Waals surface area contributed by atoms with Crippen LogP contribution in [-0.2, 0) is 11.3 Å². The maximum Gasteiger partial charge on any atom is 0.0897 e. The van der Waals surface area contributed by atoms with E-state index in [0.717, 1.165) is 19.0 Å². The van der Waals surface area contributed by atoms with Gasteiger partial charge in [0.25, 0.3) is 0 Å². The topological polar surface area (TPSA) is 44.7 Å². The van der Waals surface area contributed by atoms with Gasteiger partial charge in [-0.3, -0.25) is 0 Å². The first-order valence-electron chi connectivity index (χ1n) is 7.49. The van der Waals surface area contributed by atoms with Gasteiger partial charge in [0.05, 0.1) is 19.3 Å². The summed E-state index contributed by atoms with van der Waals surface area (Å²) < 4.78 is 5.51. The first-order valence-corrected chi connectivity index (χ1v) is 8.37. The number of aliphatic hydroxyl groups is 1.